The van der Waals surface area contributed by atoms with Gasteiger partial charge in [0, 0.05) is 12.4 Å². The van der Waals surface area contributed by atoms with Gasteiger partial charge in [-0.1, -0.05) is 24.3 Å². The molecule has 1 atom stereocenters. The molecule has 4 nitrogen and oxygen atoms in total. The second-order valence-electron chi connectivity index (χ2n) is 3.80. The molecule has 0 saturated carbocycles. The average Bonchev–Trinajstić information content (AvgIpc) is 2.41. The number of pyridine rings is 1. The van der Waals surface area contributed by atoms with Gasteiger partial charge in [-0.05, 0) is 23.8 Å². The minimum atomic E-state index is -0.918. The van der Waals surface area contributed by atoms with Crippen LogP contribution in [0.25, 0.3) is 0 Å². The van der Waals surface area contributed by atoms with Crippen LogP contribution in [0.15, 0.2) is 54.9 Å². The van der Waals surface area contributed by atoms with E-state index in [2.05, 4.69) is 4.98 Å². The molecule has 1 aromatic carbocycles. The van der Waals surface area contributed by atoms with Crippen molar-refractivity contribution >= 4 is 5.97 Å². The number of aliphatic carboxylic acids is 1. The molecule has 0 aliphatic heterocycles. The number of ether oxygens (including phenoxy) is 1. The van der Waals surface area contributed by atoms with Crippen molar-refractivity contribution in [2.75, 3.05) is 6.61 Å². The highest BCUT2D eigenvalue weighted by Gasteiger charge is 2.20. The van der Waals surface area contributed by atoms with Gasteiger partial charge in [0.1, 0.15) is 18.3 Å². The lowest BCUT2D eigenvalue weighted by atomic mass is 10.0. The highest BCUT2D eigenvalue weighted by atomic mass is 16.5. The van der Waals surface area contributed by atoms with E-state index in [1.54, 1.807) is 36.7 Å². The van der Waals surface area contributed by atoms with Crippen LogP contribution in [0.4, 0.5) is 0 Å². The molecule has 0 bridgehead atoms. The predicted octanol–water partition coefficient (Wildman–Crippen LogP) is 2.33. The maximum atomic E-state index is 11.2. The van der Waals surface area contributed by atoms with Crippen LogP contribution in [0.2, 0.25) is 0 Å². The van der Waals surface area contributed by atoms with Crippen LogP contribution in [0.5, 0.6) is 5.75 Å². The third kappa shape index (κ3) is 3.07. The molecule has 1 aromatic heterocycles. The number of rotatable bonds is 5. The number of hydrogen-bond acceptors (Lipinski definition) is 3. The van der Waals surface area contributed by atoms with Crippen molar-refractivity contribution in [3.63, 3.8) is 0 Å². The molecule has 0 spiro atoms. The summed E-state index contributed by atoms with van der Waals surface area (Å²) in [4.78, 5) is 15.1. The first-order chi connectivity index (χ1) is 8.77. The normalized spacial score (nSPS) is 11.8. The fraction of sp³-hybridized carbons (Fsp3) is 0.143. The zero-order valence-electron chi connectivity index (χ0n) is 9.69. The van der Waals surface area contributed by atoms with E-state index in [0.717, 1.165) is 0 Å². The Hall–Kier alpha value is -2.36. The van der Waals surface area contributed by atoms with Gasteiger partial charge < -0.3 is 9.84 Å². The Kier molecular flexibility index (Phi) is 3.91. The van der Waals surface area contributed by atoms with E-state index in [1.165, 1.54) is 0 Å². The van der Waals surface area contributed by atoms with Gasteiger partial charge in [-0.15, -0.1) is 0 Å². The molecule has 2 rings (SSSR count). The molecule has 4 heteroatoms. The summed E-state index contributed by atoms with van der Waals surface area (Å²) in [5.41, 5.74) is 0.640. The van der Waals surface area contributed by atoms with Gasteiger partial charge in [0.15, 0.2) is 0 Å². The van der Waals surface area contributed by atoms with E-state index in [-0.39, 0.29) is 6.61 Å². The second kappa shape index (κ2) is 5.82. The van der Waals surface area contributed by atoms with Crippen LogP contribution in [-0.4, -0.2) is 22.7 Å². The van der Waals surface area contributed by atoms with Gasteiger partial charge in [0.2, 0.25) is 0 Å². The summed E-state index contributed by atoms with van der Waals surface area (Å²) in [6.07, 6.45) is 3.16. The molecule has 0 fully saturated rings. The summed E-state index contributed by atoms with van der Waals surface area (Å²) in [6.45, 7) is 0.0883. The zero-order chi connectivity index (χ0) is 12.8. The van der Waals surface area contributed by atoms with Crippen LogP contribution >= 0.6 is 0 Å². The van der Waals surface area contributed by atoms with E-state index >= 15 is 0 Å². The molecule has 0 radical (unpaired) electrons. The standard InChI is InChI=1S/C14H13NO3/c16-14(17)13(11-5-4-8-15-9-11)10-18-12-6-2-1-3-7-12/h1-9,13H,10H2,(H,16,17). The fourth-order valence-electron chi connectivity index (χ4n) is 1.59. The molecule has 1 heterocycles. The molecule has 1 N–H and O–H groups in total. The van der Waals surface area contributed by atoms with Crippen molar-refractivity contribution in [2.24, 2.45) is 0 Å². The molecular formula is C14H13NO3. The van der Waals surface area contributed by atoms with Crippen molar-refractivity contribution < 1.29 is 14.6 Å². The first-order valence-electron chi connectivity index (χ1n) is 5.58. The van der Waals surface area contributed by atoms with Crippen LogP contribution in [0.1, 0.15) is 11.5 Å². The van der Waals surface area contributed by atoms with E-state index in [0.29, 0.717) is 11.3 Å². The van der Waals surface area contributed by atoms with Crippen molar-refractivity contribution in [2.45, 2.75) is 5.92 Å². The number of hydrogen-bond donors (Lipinski definition) is 1. The van der Waals surface area contributed by atoms with Crippen molar-refractivity contribution in [3.8, 4) is 5.75 Å². The van der Waals surface area contributed by atoms with Crippen LogP contribution < -0.4 is 4.74 Å². The number of aromatic nitrogens is 1. The van der Waals surface area contributed by atoms with Gasteiger partial charge in [-0.3, -0.25) is 9.78 Å². The smallest absolute Gasteiger partial charge is 0.314 e. The molecule has 0 amide bonds. The van der Waals surface area contributed by atoms with Crippen molar-refractivity contribution in [1.29, 1.82) is 0 Å². The molecule has 1 unspecified atom stereocenters. The lowest BCUT2D eigenvalue weighted by Crippen LogP contribution is -2.19. The quantitative estimate of drug-likeness (QED) is 0.875. The minimum Gasteiger partial charge on any atom is -0.492 e. The molecule has 18 heavy (non-hydrogen) atoms. The number of carboxylic acids is 1. The van der Waals surface area contributed by atoms with E-state index in [1.807, 2.05) is 18.2 Å². The lowest BCUT2D eigenvalue weighted by Gasteiger charge is -2.13. The Morgan fingerprint density at radius 2 is 2.00 bits per heavy atom. The first-order valence-corrected chi connectivity index (χ1v) is 5.58. The number of para-hydroxylation sites is 1. The molecule has 0 aliphatic carbocycles. The van der Waals surface area contributed by atoms with Gasteiger partial charge in [0.05, 0.1) is 0 Å². The zero-order valence-corrected chi connectivity index (χ0v) is 9.69. The maximum absolute atomic E-state index is 11.2. The van der Waals surface area contributed by atoms with E-state index < -0.39 is 11.9 Å². The maximum Gasteiger partial charge on any atom is 0.314 e. The molecular weight excluding hydrogens is 230 g/mol. The summed E-state index contributed by atoms with van der Waals surface area (Å²) in [5, 5.41) is 9.20. The summed E-state index contributed by atoms with van der Waals surface area (Å²) in [6, 6.07) is 12.6. The summed E-state index contributed by atoms with van der Waals surface area (Å²) in [7, 11) is 0. The first kappa shape index (κ1) is 12.1. The number of carbonyl (C=O) groups is 1. The Morgan fingerprint density at radius 1 is 1.22 bits per heavy atom. The average molecular weight is 243 g/mol. The van der Waals surface area contributed by atoms with Gasteiger partial charge in [-0.25, -0.2) is 0 Å². The van der Waals surface area contributed by atoms with E-state index in [4.69, 9.17) is 4.74 Å². The highest BCUT2D eigenvalue weighted by molar-refractivity contribution is 5.76. The van der Waals surface area contributed by atoms with Gasteiger partial charge in [0.25, 0.3) is 0 Å². The van der Waals surface area contributed by atoms with Crippen molar-refractivity contribution in [3.05, 3.63) is 60.4 Å². The molecule has 0 saturated heterocycles. The fourth-order valence-corrected chi connectivity index (χ4v) is 1.59. The monoisotopic (exact) mass is 243 g/mol. The Morgan fingerprint density at radius 3 is 2.61 bits per heavy atom. The Balaban J connectivity index is 2.06. The largest absolute Gasteiger partial charge is 0.492 e. The molecule has 0 aliphatic rings. The Bertz CT molecular complexity index is 499. The summed E-state index contributed by atoms with van der Waals surface area (Å²) in [5.74, 6) is -0.967. The third-order valence-electron chi connectivity index (χ3n) is 2.54. The number of benzene rings is 1. The number of carboxylic acid groups (broad SMARTS) is 1. The molecule has 2 aromatic rings. The minimum absolute atomic E-state index is 0.0883. The van der Waals surface area contributed by atoms with Gasteiger partial charge >= 0.3 is 5.97 Å². The lowest BCUT2D eigenvalue weighted by molar-refractivity contribution is -0.139. The van der Waals surface area contributed by atoms with Gasteiger partial charge in [-0.2, -0.15) is 0 Å². The van der Waals surface area contributed by atoms with Crippen molar-refractivity contribution in [1.82, 2.24) is 4.98 Å². The number of nitrogens with zero attached hydrogens (tertiary/aromatic N) is 1. The highest BCUT2D eigenvalue weighted by Crippen LogP contribution is 2.17. The summed E-state index contributed by atoms with van der Waals surface area (Å²) < 4.78 is 5.48. The topological polar surface area (TPSA) is 59.4 Å². The second-order valence-corrected chi connectivity index (χ2v) is 3.80. The third-order valence-corrected chi connectivity index (χ3v) is 2.54. The van der Waals surface area contributed by atoms with Crippen LogP contribution in [-0.2, 0) is 4.79 Å². The van der Waals surface area contributed by atoms with Crippen LogP contribution in [0, 0.1) is 0 Å². The van der Waals surface area contributed by atoms with E-state index in [9.17, 15) is 9.90 Å². The Labute approximate surface area is 105 Å². The summed E-state index contributed by atoms with van der Waals surface area (Å²) >= 11 is 0. The van der Waals surface area contributed by atoms with Crippen LogP contribution in [0.3, 0.4) is 0 Å². The molecule has 92 valence electrons. The SMILES string of the molecule is O=C(O)C(COc1ccccc1)c1cccnc1. The predicted molar refractivity (Wildman–Crippen MR) is 66.6 cm³/mol.